The molecule has 1 N–H and O–H groups in total. The van der Waals surface area contributed by atoms with Crippen molar-refractivity contribution in [1.82, 2.24) is 0 Å². The second kappa shape index (κ2) is 6.14. The first kappa shape index (κ1) is 12.5. The predicted molar refractivity (Wildman–Crippen MR) is 64.5 cm³/mol. The Bertz CT molecular complexity index is 424. The van der Waals surface area contributed by atoms with Crippen LogP contribution in [0.4, 0.5) is 5.69 Å². The molecule has 1 rings (SSSR count). The number of rotatable bonds is 4. The van der Waals surface area contributed by atoms with Gasteiger partial charge in [0.15, 0.2) is 0 Å². The van der Waals surface area contributed by atoms with Gasteiger partial charge >= 0.3 is 0 Å². The summed E-state index contributed by atoms with van der Waals surface area (Å²) >= 11 is 5.50. The molecule has 0 aliphatic rings. The second-order valence-corrected chi connectivity index (χ2v) is 3.83. The molecule has 0 spiro atoms. The Labute approximate surface area is 100 Å². The fourth-order valence-electron chi connectivity index (χ4n) is 1.36. The first-order valence-corrected chi connectivity index (χ1v) is 5.58. The number of amides is 1. The summed E-state index contributed by atoms with van der Waals surface area (Å²) < 4.78 is 0. The number of anilines is 1. The van der Waals surface area contributed by atoms with Crippen molar-refractivity contribution in [2.45, 2.75) is 19.8 Å². The molecule has 4 heteroatoms. The van der Waals surface area contributed by atoms with E-state index in [4.69, 9.17) is 16.9 Å². The number of hydrogen-bond acceptors (Lipinski definition) is 2. The maximum atomic E-state index is 11.5. The fraction of sp³-hybridized carbons (Fsp3) is 0.333. The van der Waals surface area contributed by atoms with E-state index >= 15 is 0 Å². The van der Waals surface area contributed by atoms with Crippen molar-refractivity contribution >= 4 is 23.2 Å². The Morgan fingerprint density at radius 3 is 2.94 bits per heavy atom. The maximum absolute atomic E-state index is 11.5. The lowest BCUT2D eigenvalue weighted by atomic mass is 10.1. The third kappa shape index (κ3) is 3.25. The molecule has 1 aromatic rings. The number of carbonyl (C=O) groups excluding carboxylic acids is 1. The summed E-state index contributed by atoms with van der Waals surface area (Å²) in [6.45, 7) is 1.84. The van der Waals surface area contributed by atoms with Gasteiger partial charge in [-0.15, -0.1) is 11.6 Å². The van der Waals surface area contributed by atoms with Crippen molar-refractivity contribution in [2.24, 2.45) is 0 Å². The normalized spacial score (nSPS) is 9.56. The molecule has 3 nitrogen and oxygen atoms in total. The van der Waals surface area contributed by atoms with E-state index in [9.17, 15) is 4.79 Å². The van der Waals surface area contributed by atoms with Gasteiger partial charge in [0, 0.05) is 12.3 Å². The maximum Gasteiger partial charge on any atom is 0.224 e. The molecule has 0 aliphatic carbocycles. The van der Waals surface area contributed by atoms with Crippen molar-refractivity contribution in [3.05, 3.63) is 29.3 Å². The van der Waals surface area contributed by atoms with Crippen LogP contribution in [-0.4, -0.2) is 11.8 Å². The summed E-state index contributed by atoms with van der Waals surface area (Å²) in [4.78, 5) is 11.5. The zero-order valence-corrected chi connectivity index (χ0v) is 9.84. The Morgan fingerprint density at radius 1 is 1.56 bits per heavy atom. The Morgan fingerprint density at radius 2 is 2.31 bits per heavy atom. The molecule has 0 aromatic heterocycles. The molecule has 84 valence electrons. The molecule has 1 amide bonds. The summed E-state index contributed by atoms with van der Waals surface area (Å²) in [6.07, 6.45) is 1.02. The smallest absolute Gasteiger partial charge is 0.224 e. The lowest BCUT2D eigenvalue weighted by Crippen LogP contribution is -2.12. The monoisotopic (exact) mass is 236 g/mol. The average Bonchev–Trinajstić information content (AvgIpc) is 2.27. The minimum Gasteiger partial charge on any atom is -0.325 e. The van der Waals surface area contributed by atoms with Crippen LogP contribution in [0.1, 0.15) is 24.0 Å². The topological polar surface area (TPSA) is 52.9 Å². The van der Waals surface area contributed by atoms with Gasteiger partial charge in [0.1, 0.15) is 6.07 Å². The van der Waals surface area contributed by atoms with Crippen molar-refractivity contribution in [3.8, 4) is 6.07 Å². The van der Waals surface area contributed by atoms with Crippen LogP contribution in [0.5, 0.6) is 0 Å². The number of alkyl halides is 1. The van der Waals surface area contributed by atoms with Gasteiger partial charge in [-0.3, -0.25) is 4.79 Å². The average molecular weight is 237 g/mol. The van der Waals surface area contributed by atoms with Crippen molar-refractivity contribution in [1.29, 1.82) is 5.26 Å². The van der Waals surface area contributed by atoms with Gasteiger partial charge in [0.2, 0.25) is 5.91 Å². The highest BCUT2D eigenvalue weighted by Crippen LogP contribution is 2.18. The highest BCUT2D eigenvalue weighted by Gasteiger charge is 2.07. The van der Waals surface area contributed by atoms with Gasteiger partial charge in [0.05, 0.1) is 11.3 Å². The summed E-state index contributed by atoms with van der Waals surface area (Å²) in [5.41, 5.74) is 1.95. The second-order valence-electron chi connectivity index (χ2n) is 3.45. The molecular weight excluding hydrogens is 224 g/mol. The van der Waals surface area contributed by atoms with E-state index in [0.29, 0.717) is 30.0 Å². The summed E-state index contributed by atoms with van der Waals surface area (Å²) in [6, 6.07) is 7.46. The molecule has 0 unspecified atom stereocenters. The quantitative estimate of drug-likeness (QED) is 0.818. The highest BCUT2D eigenvalue weighted by molar-refractivity contribution is 6.18. The van der Waals surface area contributed by atoms with Crippen LogP contribution in [0.15, 0.2) is 18.2 Å². The number of benzene rings is 1. The number of carbonyl (C=O) groups is 1. The van der Waals surface area contributed by atoms with Crippen molar-refractivity contribution in [3.63, 3.8) is 0 Å². The number of halogens is 1. The van der Waals surface area contributed by atoms with Gasteiger partial charge in [-0.2, -0.15) is 5.26 Å². The number of hydrogen-bond donors (Lipinski definition) is 1. The molecule has 0 heterocycles. The van der Waals surface area contributed by atoms with Gasteiger partial charge < -0.3 is 5.32 Å². The lowest BCUT2D eigenvalue weighted by Gasteiger charge is -2.08. The number of nitrogens with zero attached hydrogens (tertiary/aromatic N) is 1. The van der Waals surface area contributed by atoms with E-state index in [2.05, 4.69) is 11.4 Å². The van der Waals surface area contributed by atoms with Crippen LogP contribution in [0, 0.1) is 18.3 Å². The molecule has 0 fully saturated rings. The zero-order valence-electron chi connectivity index (χ0n) is 9.09. The van der Waals surface area contributed by atoms with Crippen molar-refractivity contribution < 1.29 is 4.79 Å². The van der Waals surface area contributed by atoms with Crippen molar-refractivity contribution in [2.75, 3.05) is 11.2 Å². The van der Waals surface area contributed by atoms with Crippen LogP contribution in [0.2, 0.25) is 0 Å². The Kier molecular flexibility index (Phi) is 4.81. The van der Waals surface area contributed by atoms with Crippen LogP contribution >= 0.6 is 11.6 Å². The van der Waals surface area contributed by atoms with Crippen LogP contribution in [0.3, 0.4) is 0 Å². The minimum absolute atomic E-state index is 0.109. The number of nitriles is 1. The third-order valence-corrected chi connectivity index (χ3v) is 2.46. The molecule has 1 aromatic carbocycles. The molecule has 16 heavy (non-hydrogen) atoms. The Hall–Kier alpha value is -1.53. The van der Waals surface area contributed by atoms with E-state index in [1.807, 2.05) is 19.1 Å². The lowest BCUT2D eigenvalue weighted by molar-refractivity contribution is -0.116. The van der Waals surface area contributed by atoms with E-state index in [1.165, 1.54) is 0 Å². The molecule has 0 atom stereocenters. The molecule has 0 saturated heterocycles. The number of aryl methyl sites for hydroxylation is 1. The summed E-state index contributed by atoms with van der Waals surface area (Å²) in [7, 11) is 0. The van der Waals surface area contributed by atoms with E-state index in [-0.39, 0.29) is 5.91 Å². The molecule has 0 saturated carbocycles. The van der Waals surface area contributed by atoms with Crippen LogP contribution in [-0.2, 0) is 4.79 Å². The summed E-state index contributed by atoms with van der Waals surface area (Å²) in [5.74, 6) is 0.356. The number of nitrogens with one attached hydrogen (secondary N) is 1. The van der Waals surface area contributed by atoms with Gasteiger partial charge in [-0.05, 0) is 25.0 Å². The van der Waals surface area contributed by atoms with E-state index in [0.717, 1.165) is 5.56 Å². The van der Waals surface area contributed by atoms with E-state index in [1.54, 1.807) is 6.07 Å². The van der Waals surface area contributed by atoms with Gasteiger partial charge in [0.25, 0.3) is 0 Å². The molecule has 0 radical (unpaired) electrons. The molecule has 0 bridgehead atoms. The Balaban J connectivity index is 2.78. The molecule has 0 aliphatic heterocycles. The zero-order chi connectivity index (χ0) is 12.0. The van der Waals surface area contributed by atoms with Gasteiger partial charge in [-0.1, -0.05) is 12.1 Å². The first-order valence-electron chi connectivity index (χ1n) is 5.04. The molecular formula is C12H13ClN2O. The first-order chi connectivity index (χ1) is 7.69. The fourth-order valence-corrected chi connectivity index (χ4v) is 1.49. The summed E-state index contributed by atoms with van der Waals surface area (Å²) in [5, 5.41) is 11.7. The van der Waals surface area contributed by atoms with Gasteiger partial charge in [-0.25, -0.2) is 0 Å². The third-order valence-electron chi connectivity index (χ3n) is 2.20. The minimum atomic E-state index is -0.109. The largest absolute Gasteiger partial charge is 0.325 e. The van der Waals surface area contributed by atoms with Crippen LogP contribution < -0.4 is 5.32 Å². The standard InChI is InChI=1S/C12H13ClN2O/c1-9-4-2-5-11(10(9)8-14)15-12(16)6-3-7-13/h2,4-5H,3,6-7H2,1H3,(H,15,16). The highest BCUT2D eigenvalue weighted by atomic mass is 35.5. The SMILES string of the molecule is Cc1cccc(NC(=O)CCCCl)c1C#N. The predicted octanol–water partition coefficient (Wildman–Crippen LogP) is 2.82. The van der Waals surface area contributed by atoms with E-state index < -0.39 is 0 Å². The van der Waals surface area contributed by atoms with Crippen LogP contribution in [0.25, 0.3) is 0 Å².